The third kappa shape index (κ3) is 3.92. The van der Waals surface area contributed by atoms with Gasteiger partial charge in [-0.15, -0.1) is 0 Å². The number of hydrogen-bond donors (Lipinski definition) is 0. The van der Waals surface area contributed by atoms with E-state index in [-0.39, 0.29) is 10.6 Å². The normalized spacial score (nSPS) is 15.9. The second-order valence-corrected chi connectivity index (χ2v) is 6.19. The van der Waals surface area contributed by atoms with E-state index in [0.29, 0.717) is 6.54 Å². The standard InChI is InChI=1S/C18H23N3O2/c22-21(23)18-14-16(15-19-10-6-7-11-19)8-9-17(18)20-12-4-2-1-3-5-13-20/h6-11,14H,1-5,12-13,15H2. The molecule has 23 heavy (non-hydrogen) atoms. The molecule has 0 spiro atoms. The van der Waals surface area contributed by atoms with Crippen LogP contribution in [0.15, 0.2) is 42.7 Å². The van der Waals surface area contributed by atoms with Crippen LogP contribution in [0.5, 0.6) is 0 Å². The molecular formula is C18H23N3O2. The van der Waals surface area contributed by atoms with Crippen LogP contribution in [0.2, 0.25) is 0 Å². The van der Waals surface area contributed by atoms with Crippen molar-refractivity contribution in [3.05, 3.63) is 58.4 Å². The van der Waals surface area contributed by atoms with Gasteiger partial charge in [0.1, 0.15) is 5.69 Å². The van der Waals surface area contributed by atoms with E-state index in [9.17, 15) is 10.1 Å². The van der Waals surface area contributed by atoms with Gasteiger partial charge in [-0.2, -0.15) is 0 Å². The molecule has 1 aromatic heterocycles. The molecule has 2 heterocycles. The molecule has 0 bridgehead atoms. The lowest BCUT2D eigenvalue weighted by molar-refractivity contribution is -0.384. The molecule has 0 atom stereocenters. The minimum atomic E-state index is -0.243. The van der Waals surface area contributed by atoms with E-state index in [1.54, 1.807) is 6.07 Å². The number of hydrogen-bond acceptors (Lipinski definition) is 3. The molecule has 1 aliphatic heterocycles. The summed E-state index contributed by atoms with van der Waals surface area (Å²) in [4.78, 5) is 13.5. The second kappa shape index (κ2) is 7.31. The molecule has 1 aromatic carbocycles. The van der Waals surface area contributed by atoms with Gasteiger partial charge in [0.2, 0.25) is 0 Å². The summed E-state index contributed by atoms with van der Waals surface area (Å²) in [5, 5.41) is 11.5. The molecule has 1 fully saturated rings. The molecule has 122 valence electrons. The Balaban J connectivity index is 1.85. The van der Waals surface area contributed by atoms with Crippen LogP contribution in [0.3, 0.4) is 0 Å². The summed E-state index contributed by atoms with van der Waals surface area (Å²) in [5.74, 6) is 0. The van der Waals surface area contributed by atoms with Gasteiger partial charge in [-0.3, -0.25) is 10.1 Å². The number of nitrogens with zero attached hydrogens (tertiary/aromatic N) is 3. The first kappa shape index (κ1) is 15.6. The van der Waals surface area contributed by atoms with Gasteiger partial charge < -0.3 is 9.47 Å². The topological polar surface area (TPSA) is 51.3 Å². The highest BCUT2D eigenvalue weighted by molar-refractivity contribution is 5.64. The molecule has 1 saturated heterocycles. The van der Waals surface area contributed by atoms with Gasteiger partial charge in [0.25, 0.3) is 5.69 Å². The lowest BCUT2D eigenvalue weighted by atomic mass is 10.1. The Labute approximate surface area is 136 Å². The van der Waals surface area contributed by atoms with Crippen molar-refractivity contribution in [3.63, 3.8) is 0 Å². The predicted molar refractivity (Wildman–Crippen MR) is 91.9 cm³/mol. The molecule has 0 amide bonds. The number of nitro groups is 1. The summed E-state index contributed by atoms with van der Waals surface area (Å²) in [6, 6.07) is 9.60. The molecule has 5 heteroatoms. The fourth-order valence-corrected chi connectivity index (χ4v) is 3.26. The summed E-state index contributed by atoms with van der Waals surface area (Å²) in [6.45, 7) is 2.49. The minimum Gasteiger partial charge on any atom is -0.366 e. The maximum atomic E-state index is 11.5. The van der Waals surface area contributed by atoms with Crippen molar-refractivity contribution in [1.29, 1.82) is 0 Å². The molecular weight excluding hydrogens is 290 g/mol. The van der Waals surface area contributed by atoms with Gasteiger partial charge >= 0.3 is 0 Å². The first-order valence-corrected chi connectivity index (χ1v) is 8.37. The van der Waals surface area contributed by atoms with Crippen LogP contribution in [0.4, 0.5) is 11.4 Å². The molecule has 0 aliphatic carbocycles. The van der Waals surface area contributed by atoms with Crippen molar-refractivity contribution in [1.82, 2.24) is 4.57 Å². The smallest absolute Gasteiger partial charge is 0.292 e. The van der Waals surface area contributed by atoms with Crippen molar-refractivity contribution >= 4 is 11.4 Å². The number of anilines is 1. The van der Waals surface area contributed by atoms with Crippen LogP contribution in [0.1, 0.15) is 37.7 Å². The Morgan fingerprint density at radius 2 is 1.65 bits per heavy atom. The zero-order chi connectivity index (χ0) is 16.1. The second-order valence-electron chi connectivity index (χ2n) is 6.19. The molecule has 0 saturated carbocycles. The zero-order valence-electron chi connectivity index (χ0n) is 13.4. The van der Waals surface area contributed by atoms with Crippen LogP contribution in [-0.4, -0.2) is 22.6 Å². The lowest BCUT2D eigenvalue weighted by Gasteiger charge is -2.26. The summed E-state index contributed by atoms with van der Waals surface area (Å²) >= 11 is 0. The number of benzene rings is 1. The monoisotopic (exact) mass is 313 g/mol. The van der Waals surface area contributed by atoms with Gasteiger partial charge in [0.15, 0.2) is 0 Å². The van der Waals surface area contributed by atoms with E-state index in [1.165, 1.54) is 19.3 Å². The largest absolute Gasteiger partial charge is 0.366 e. The average molecular weight is 313 g/mol. The fourth-order valence-electron chi connectivity index (χ4n) is 3.26. The highest BCUT2D eigenvalue weighted by Gasteiger charge is 2.20. The van der Waals surface area contributed by atoms with Crippen LogP contribution < -0.4 is 4.90 Å². The van der Waals surface area contributed by atoms with Crippen molar-refractivity contribution < 1.29 is 4.92 Å². The summed E-state index contributed by atoms with van der Waals surface area (Å²) in [5.41, 5.74) is 1.96. The van der Waals surface area contributed by atoms with Crippen molar-refractivity contribution in [3.8, 4) is 0 Å². The Morgan fingerprint density at radius 3 is 2.30 bits per heavy atom. The van der Waals surface area contributed by atoms with Crippen molar-refractivity contribution in [2.75, 3.05) is 18.0 Å². The van der Waals surface area contributed by atoms with E-state index in [1.807, 2.05) is 41.2 Å². The maximum Gasteiger partial charge on any atom is 0.292 e. The first-order valence-electron chi connectivity index (χ1n) is 8.37. The number of rotatable bonds is 4. The average Bonchev–Trinajstić information content (AvgIpc) is 3.00. The lowest BCUT2D eigenvalue weighted by Crippen LogP contribution is -2.27. The Bertz CT molecular complexity index is 644. The van der Waals surface area contributed by atoms with E-state index < -0.39 is 0 Å². The molecule has 0 unspecified atom stereocenters. The Hall–Kier alpha value is -2.30. The van der Waals surface area contributed by atoms with Gasteiger partial charge in [-0.25, -0.2) is 0 Å². The van der Waals surface area contributed by atoms with Crippen molar-refractivity contribution in [2.45, 2.75) is 38.6 Å². The van der Waals surface area contributed by atoms with Crippen molar-refractivity contribution in [2.24, 2.45) is 0 Å². The van der Waals surface area contributed by atoms with Crippen LogP contribution >= 0.6 is 0 Å². The highest BCUT2D eigenvalue weighted by atomic mass is 16.6. The summed E-state index contributed by atoms with van der Waals surface area (Å²) in [7, 11) is 0. The van der Waals surface area contributed by atoms with E-state index in [2.05, 4.69) is 4.90 Å². The van der Waals surface area contributed by atoms with Gasteiger partial charge in [0.05, 0.1) is 4.92 Å². The van der Waals surface area contributed by atoms with E-state index in [0.717, 1.165) is 37.2 Å². The predicted octanol–water partition coefficient (Wildman–Crippen LogP) is 4.22. The number of aromatic nitrogens is 1. The SMILES string of the molecule is O=[N+]([O-])c1cc(Cn2cccc2)ccc1N1CCCCCCC1. The quantitative estimate of drug-likeness (QED) is 0.627. The van der Waals surface area contributed by atoms with E-state index in [4.69, 9.17) is 0 Å². The minimum absolute atomic E-state index is 0.232. The first-order chi connectivity index (χ1) is 11.2. The van der Waals surface area contributed by atoms with Crippen LogP contribution in [-0.2, 0) is 6.54 Å². The van der Waals surface area contributed by atoms with Gasteiger partial charge in [-0.05, 0) is 36.6 Å². The molecule has 0 radical (unpaired) electrons. The maximum absolute atomic E-state index is 11.5. The molecule has 1 aliphatic rings. The molecule has 5 nitrogen and oxygen atoms in total. The number of nitro benzene ring substituents is 1. The third-order valence-electron chi connectivity index (χ3n) is 4.46. The van der Waals surface area contributed by atoms with E-state index >= 15 is 0 Å². The molecule has 3 rings (SSSR count). The fraction of sp³-hybridized carbons (Fsp3) is 0.444. The zero-order valence-corrected chi connectivity index (χ0v) is 13.4. The summed E-state index contributed by atoms with van der Waals surface area (Å²) in [6.07, 6.45) is 9.89. The Kier molecular flexibility index (Phi) is 4.95. The van der Waals surface area contributed by atoms with Gasteiger partial charge in [-0.1, -0.05) is 25.3 Å². The van der Waals surface area contributed by atoms with Crippen LogP contribution in [0.25, 0.3) is 0 Å². The highest BCUT2D eigenvalue weighted by Crippen LogP contribution is 2.31. The van der Waals surface area contributed by atoms with Crippen LogP contribution in [0, 0.1) is 10.1 Å². The third-order valence-corrected chi connectivity index (χ3v) is 4.46. The Morgan fingerprint density at radius 1 is 1.00 bits per heavy atom. The molecule has 2 aromatic rings. The summed E-state index contributed by atoms with van der Waals surface area (Å²) < 4.78 is 2.02. The molecule has 0 N–H and O–H groups in total. The van der Waals surface area contributed by atoms with Gasteiger partial charge in [0, 0.05) is 38.1 Å².